The van der Waals surface area contributed by atoms with E-state index in [9.17, 15) is 0 Å². The fourth-order valence-corrected chi connectivity index (χ4v) is 10.1. The Labute approximate surface area is 148 Å². The summed E-state index contributed by atoms with van der Waals surface area (Å²) in [7, 11) is 0. The highest BCUT2D eigenvalue weighted by Gasteiger charge is 2.91. The van der Waals surface area contributed by atoms with Gasteiger partial charge in [-0.25, -0.2) is 0 Å². The standard InChI is InChI=1S/C22H38N2/c1-19(2)14-7-12(10-23)6-13(8-14)17-15-9-16(18(17)19)22(5)20(3,11-24)21(15,22)4/h12-18H,6-11,23-24H2,1-5H3. The van der Waals surface area contributed by atoms with Crippen molar-refractivity contribution in [3.8, 4) is 0 Å². The molecule has 10 atom stereocenters. The molecule has 24 heavy (non-hydrogen) atoms. The zero-order chi connectivity index (χ0) is 17.3. The van der Waals surface area contributed by atoms with Crippen LogP contribution in [0.5, 0.6) is 0 Å². The highest BCUT2D eigenvalue weighted by atomic mass is 15.0. The van der Waals surface area contributed by atoms with Crippen molar-refractivity contribution in [3.05, 3.63) is 0 Å². The molecule has 0 saturated heterocycles. The summed E-state index contributed by atoms with van der Waals surface area (Å²) >= 11 is 0. The lowest BCUT2D eigenvalue weighted by atomic mass is 9.45. The summed E-state index contributed by atoms with van der Waals surface area (Å²) in [6, 6.07) is 0. The van der Waals surface area contributed by atoms with Crippen LogP contribution < -0.4 is 11.5 Å². The highest BCUT2D eigenvalue weighted by Crippen LogP contribution is 2.95. The molecular weight excluding hydrogens is 292 g/mol. The molecule has 0 radical (unpaired) electrons. The molecule has 4 bridgehead atoms. The molecule has 5 aliphatic carbocycles. The monoisotopic (exact) mass is 330 g/mol. The van der Waals surface area contributed by atoms with Crippen molar-refractivity contribution in [1.82, 2.24) is 0 Å². The number of nitrogens with two attached hydrogens (primary N) is 2. The van der Waals surface area contributed by atoms with Crippen molar-refractivity contribution in [1.29, 1.82) is 0 Å². The first-order chi connectivity index (χ1) is 11.2. The first-order valence-corrected chi connectivity index (χ1v) is 10.6. The molecule has 0 spiro atoms. The van der Waals surface area contributed by atoms with Crippen LogP contribution in [-0.4, -0.2) is 13.1 Å². The topological polar surface area (TPSA) is 52.0 Å². The molecule has 4 N–H and O–H groups in total. The van der Waals surface area contributed by atoms with Gasteiger partial charge in [-0.2, -0.15) is 0 Å². The third-order valence-corrected chi connectivity index (χ3v) is 11.7. The normalized spacial score (nSPS) is 65.4. The van der Waals surface area contributed by atoms with Crippen LogP contribution in [0.1, 0.15) is 60.3 Å². The van der Waals surface area contributed by atoms with E-state index in [4.69, 9.17) is 11.5 Å². The summed E-state index contributed by atoms with van der Waals surface area (Å²) < 4.78 is 0. The van der Waals surface area contributed by atoms with Crippen LogP contribution in [0.15, 0.2) is 0 Å². The predicted molar refractivity (Wildman–Crippen MR) is 99.1 cm³/mol. The van der Waals surface area contributed by atoms with Gasteiger partial charge in [-0.15, -0.1) is 0 Å². The average Bonchev–Trinajstić information content (AvgIpc) is 2.91. The summed E-state index contributed by atoms with van der Waals surface area (Å²) in [4.78, 5) is 0. The minimum absolute atomic E-state index is 0.377. The van der Waals surface area contributed by atoms with Gasteiger partial charge in [0.15, 0.2) is 0 Å². The second-order valence-electron chi connectivity index (χ2n) is 11.6. The Morgan fingerprint density at radius 2 is 1.50 bits per heavy atom. The van der Waals surface area contributed by atoms with E-state index in [-0.39, 0.29) is 0 Å². The summed E-state index contributed by atoms with van der Waals surface area (Å²) in [6.45, 7) is 14.8. The first-order valence-electron chi connectivity index (χ1n) is 10.6. The molecule has 5 fully saturated rings. The molecule has 0 aromatic heterocycles. The van der Waals surface area contributed by atoms with Gasteiger partial charge < -0.3 is 11.5 Å². The van der Waals surface area contributed by atoms with Crippen molar-refractivity contribution in [2.24, 2.45) is 74.6 Å². The van der Waals surface area contributed by atoms with Gasteiger partial charge >= 0.3 is 0 Å². The zero-order valence-electron chi connectivity index (χ0n) is 16.4. The lowest BCUT2D eigenvalue weighted by Crippen LogP contribution is -2.54. The summed E-state index contributed by atoms with van der Waals surface area (Å²) in [6.07, 6.45) is 5.79. The molecule has 0 aliphatic heterocycles. The lowest BCUT2D eigenvalue weighted by molar-refractivity contribution is -0.113. The largest absolute Gasteiger partial charge is 0.330 e. The Hall–Kier alpha value is -0.0800. The predicted octanol–water partition coefficient (Wildman–Crippen LogP) is 3.89. The Kier molecular flexibility index (Phi) is 2.85. The molecule has 2 nitrogen and oxygen atoms in total. The molecule has 5 rings (SSSR count). The summed E-state index contributed by atoms with van der Waals surface area (Å²) in [5.41, 5.74) is 14.4. The Bertz CT molecular complexity index is 585. The third-order valence-electron chi connectivity index (χ3n) is 11.7. The highest BCUT2D eigenvalue weighted by molar-refractivity contribution is 5.38. The van der Waals surface area contributed by atoms with Crippen molar-refractivity contribution >= 4 is 0 Å². The maximum Gasteiger partial charge on any atom is -0.00121 e. The quantitative estimate of drug-likeness (QED) is 0.807. The third kappa shape index (κ3) is 1.30. The van der Waals surface area contributed by atoms with E-state index in [0.717, 1.165) is 54.5 Å². The number of hydrogen-bond acceptors (Lipinski definition) is 2. The van der Waals surface area contributed by atoms with E-state index in [1.54, 1.807) is 0 Å². The second kappa shape index (κ2) is 4.25. The minimum atomic E-state index is 0.377. The van der Waals surface area contributed by atoms with Crippen molar-refractivity contribution in [2.75, 3.05) is 13.1 Å². The molecule has 0 aromatic carbocycles. The van der Waals surface area contributed by atoms with Gasteiger partial charge in [0, 0.05) is 0 Å². The van der Waals surface area contributed by atoms with Crippen LogP contribution in [0.25, 0.3) is 0 Å². The average molecular weight is 331 g/mol. The van der Waals surface area contributed by atoms with Gasteiger partial charge in [0.05, 0.1) is 0 Å². The molecule has 0 heterocycles. The van der Waals surface area contributed by atoms with Crippen molar-refractivity contribution in [3.63, 3.8) is 0 Å². The molecule has 136 valence electrons. The van der Waals surface area contributed by atoms with E-state index in [1.807, 2.05) is 0 Å². The maximum absolute atomic E-state index is 6.37. The number of hydrogen-bond donors (Lipinski definition) is 2. The zero-order valence-corrected chi connectivity index (χ0v) is 16.4. The van der Waals surface area contributed by atoms with E-state index >= 15 is 0 Å². The van der Waals surface area contributed by atoms with E-state index in [2.05, 4.69) is 34.6 Å². The maximum atomic E-state index is 6.37. The summed E-state index contributed by atoms with van der Waals surface area (Å²) in [5.74, 6) is 6.39. The number of fused-ring (bicyclic) bond motifs is 11. The van der Waals surface area contributed by atoms with Crippen molar-refractivity contribution in [2.45, 2.75) is 60.3 Å². The van der Waals surface area contributed by atoms with E-state index in [1.165, 1.54) is 25.7 Å². The Balaban J connectivity index is 1.60. The van der Waals surface area contributed by atoms with E-state index < -0.39 is 0 Å². The van der Waals surface area contributed by atoms with Crippen LogP contribution >= 0.6 is 0 Å². The van der Waals surface area contributed by atoms with Gasteiger partial charge in [0.1, 0.15) is 0 Å². The van der Waals surface area contributed by atoms with E-state index in [0.29, 0.717) is 21.7 Å². The van der Waals surface area contributed by atoms with Crippen molar-refractivity contribution < 1.29 is 0 Å². The molecule has 10 unspecified atom stereocenters. The summed E-state index contributed by atoms with van der Waals surface area (Å²) in [5, 5.41) is 0. The fraction of sp³-hybridized carbons (Fsp3) is 1.00. The Morgan fingerprint density at radius 1 is 0.833 bits per heavy atom. The van der Waals surface area contributed by atoms with Crippen LogP contribution in [0.3, 0.4) is 0 Å². The van der Waals surface area contributed by atoms with Crippen LogP contribution in [0.2, 0.25) is 0 Å². The van der Waals surface area contributed by atoms with Gasteiger partial charge in [-0.05, 0) is 102 Å². The molecule has 5 saturated carbocycles. The van der Waals surface area contributed by atoms with Crippen LogP contribution in [0.4, 0.5) is 0 Å². The number of rotatable bonds is 2. The SMILES string of the molecule is CC1(C)C2CC(CN)CC(C2)C2C1C1CC2C2(C)C(C)(CN)C12C. The first kappa shape index (κ1) is 16.1. The Morgan fingerprint density at radius 3 is 2.12 bits per heavy atom. The van der Waals surface area contributed by atoms with Crippen LogP contribution in [-0.2, 0) is 0 Å². The van der Waals surface area contributed by atoms with Gasteiger partial charge in [-0.1, -0.05) is 34.6 Å². The smallest absolute Gasteiger partial charge is 0.00121 e. The molecule has 5 aliphatic rings. The van der Waals surface area contributed by atoms with Gasteiger partial charge in [0.2, 0.25) is 0 Å². The fourth-order valence-electron chi connectivity index (χ4n) is 10.1. The van der Waals surface area contributed by atoms with Gasteiger partial charge in [-0.3, -0.25) is 0 Å². The molecular formula is C22H38N2. The molecule has 0 aromatic rings. The second-order valence-corrected chi connectivity index (χ2v) is 11.6. The lowest BCUT2D eigenvalue weighted by Gasteiger charge is -2.60. The minimum Gasteiger partial charge on any atom is -0.330 e. The van der Waals surface area contributed by atoms with Crippen LogP contribution in [0, 0.1) is 63.1 Å². The van der Waals surface area contributed by atoms with Gasteiger partial charge in [0.25, 0.3) is 0 Å². The molecule has 0 amide bonds. The molecule has 2 heteroatoms.